The van der Waals surface area contributed by atoms with Gasteiger partial charge in [0.15, 0.2) is 6.04 Å². The maximum absolute atomic E-state index is 9.60. The van der Waals surface area contributed by atoms with E-state index in [9.17, 15) is 5.26 Å². The van der Waals surface area contributed by atoms with Gasteiger partial charge in [0, 0.05) is 17.2 Å². The predicted molar refractivity (Wildman–Crippen MR) is 110 cm³/mol. The van der Waals surface area contributed by atoms with E-state index in [0.717, 1.165) is 16.3 Å². The van der Waals surface area contributed by atoms with Crippen LogP contribution in [0.1, 0.15) is 32.4 Å². The van der Waals surface area contributed by atoms with Crippen molar-refractivity contribution in [1.82, 2.24) is 0 Å². The molecule has 3 rings (SSSR count). The van der Waals surface area contributed by atoms with E-state index < -0.39 is 6.04 Å². The summed E-state index contributed by atoms with van der Waals surface area (Å²) in [4.78, 5) is 4.56. The first-order valence-corrected chi connectivity index (χ1v) is 9.39. The molecule has 3 unspecified atom stereocenters. The lowest BCUT2D eigenvalue weighted by atomic mass is 10.1. The second kappa shape index (κ2) is 7.98. The van der Waals surface area contributed by atoms with E-state index >= 15 is 0 Å². The number of halogens is 1. The molecule has 0 N–H and O–H groups in total. The van der Waals surface area contributed by atoms with Gasteiger partial charge in [0.05, 0.1) is 6.07 Å². The lowest BCUT2D eigenvalue weighted by Gasteiger charge is -2.09. The van der Waals surface area contributed by atoms with Gasteiger partial charge in [-0.3, -0.25) is 4.99 Å². The molecular weight excluding hydrogens is 356 g/mol. The molecule has 1 aliphatic carbocycles. The zero-order valence-corrected chi connectivity index (χ0v) is 16.5. The number of hydrogen-bond donors (Lipinski definition) is 0. The Bertz CT molecular complexity index is 892. The summed E-state index contributed by atoms with van der Waals surface area (Å²) in [7, 11) is 0. The van der Waals surface area contributed by atoms with Gasteiger partial charge in [-0.1, -0.05) is 61.9 Å². The highest BCUT2D eigenvalue weighted by Crippen LogP contribution is 2.58. The number of para-hydroxylation sites is 1. The summed E-state index contributed by atoms with van der Waals surface area (Å²) >= 11 is 6.03. The van der Waals surface area contributed by atoms with Crippen molar-refractivity contribution in [3.8, 4) is 17.6 Å². The summed E-state index contributed by atoms with van der Waals surface area (Å²) in [5.74, 6) is 2.12. The predicted octanol–water partition coefficient (Wildman–Crippen LogP) is 6.53. The zero-order chi connectivity index (χ0) is 19.4. The van der Waals surface area contributed by atoms with Gasteiger partial charge >= 0.3 is 0 Å². The molecule has 0 spiro atoms. The molecule has 1 aliphatic rings. The normalized spacial score (nSPS) is 22.3. The highest BCUT2D eigenvalue weighted by molar-refractivity contribution is 6.29. The van der Waals surface area contributed by atoms with E-state index in [1.54, 1.807) is 0 Å². The summed E-state index contributed by atoms with van der Waals surface area (Å²) in [5.41, 5.74) is 0.944. The Morgan fingerprint density at radius 3 is 2.52 bits per heavy atom. The van der Waals surface area contributed by atoms with Crippen LogP contribution in [0.5, 0.6) is 11.5 Å². The summed E-state index contributed by atoms with van der Waals surface area (Å²) in [5, 5.41) is 10.4. The maximum Gasteiger partial charge on any atom is 0.161 e. The van der Waals surface area contributed by atoms with Crippen molar-refractivity contribution in [2.45, 2.75) is 26.8 Å². The van der Waals surface area contributed by atoms with E-state index in [4.69, 9.17) is 16.3 Å². The molecule has 1 saturated carbocycles. The quantitative estimate of drug-likeness (QED) is 0.536. The van der Waals surface area contributed by atoms with Crippen molar-refractivity contribution in [3.63, 3.8) is 0 Å². The molecule has 27 heavy (non-hydrogen) atoms. The van der Waals surface area contributed by atoms with Gasteiger partial charge in [0.25, 0.3) is 0 Å². The monoisotopic (exact) mass is 378 g/mol. The smallest absolute Gasteiger partial charge is 0.161 e. The van der Waals surface area contributed by atoms with Crippen LogP contribution in [0.25, 0.3) is 0 Å². The number of ether oxygens (including phenoxy) is 1. The van der Waals surface area contributed by atoms with Crippen LogP contribution >= 0.6 is 11.6 Å². The molecular formula is C23H23ClN2O. The summed E-state index contributed by atoms with van der Waals surface area (Å²) in [6, 6.07) is 18.8. The highest BCUT2D eigenvalue weighted by atomic mass is 35.5. The minimum atomic E-state index is -0.553. The van der Waals surface area contributed by atoms with Crippen molar-refractivity contribution in [2.75, 3.05) is 0 Å². The molecule has 0 saturated heterocycles. The van der Waals surface area contributed by atoms with Crippen molar-refractivity contribution >= 4 is 17.8 Å². The Labute approximate surface area is 166 Å². The molecule has 0 radical (unpaired) electrons. The first-order chi connectivity index (χ1) is 12.9. The van der Waals surface area contributed by atoms with Crippen LogP contribution in [0, 0.1) is 28.6 Å². The number of aliphatic imine (C=N–C) groups is 1. The minimum Gasteiger partial charge on any atom is -0.457 e. The fraction of sp³-hybridized carbons (Fsp3) is 0.304. The molecule has 0 bridgehead atoms. The van der Waals surface area contributed by atoms with Crippen LogP contribution in [0.2, 0.25) is 0 Å². The van der Waals surface area contributed by atoms with E-state index in [0.29, 0.717) is 17.6 Å². The standard InChI is InChI=1S/C23H23ClN2O/c1-16(24)12-20-21(23(20,2)3)15-26-22(14-25)17-8-7-11-19(13-17)27-18-9-5-4-6-10-18/h4-13,15,20-22H,1-3H3/b16-12-,26-15+. The van der Waals surface area contributed by atoms with Gasteiger partial charge in [-0.15, -0.1) is 0 Å². The van der Waals surface area contributed by atoms with Gasteiger partial charge in [-0.2, -0.15) is 5.26 Å². The van der Waals surface area contributed by atoms with E-state index in [-0.39, 0.29) is 5.41 Å². The van der Waals surface area contributed by atoms with Crippen LogP contribution in [0.15, 0.2) is 70.7 Å². The second-order valence-corrected chi connectivity index (χ2v) is 8.04. The van der Waals surface area contributed by atoms with E-state index in [2.05, 4.69) is 31.0 Å². The fourth-order valence-corrected chi connectivity index (χ4v) is 3.45. The molecule has 0 heterocycles. The maximum atomic E-state index is 9.60. The van der Waals surface area contributed by atoms with Crippen LogP contribution < -0.4 is 4.74 Å². The third-order valence-corrected chi connectivity index (χ3v) is 5.20. The van der Waals surface area contributed by atoms with E-state index in [1.165, 1.54) is 0 Å². The first kappa shape index (κ1) is 19.2. The number of hydrogen-bond acceptors (Lipinski definition) is 3. The number of nitriles is 1. The Kier molecular flexibility index (Phi) is 5.68. The number of benzene rings is 2. The topological polar surface area (TPSA) is 45.4 Å². The third kappa shape index (κ3) is 4.59. The van der Waals surface area contributed by atoms with E-state index in [1.807, 2.05) is 67.7 Å². The molecule has 2 aromatic rings. The molecule has 3 atom stereocenters. The molecule has 3 nitrogen and oxygen atoms in total. The molecule has 2 aromatic carbocycles. The molecule has 138 valence electrons. The van der Waals surface area contributed by atoms with Gasteiger partial charge in [-0.25, -0.2) is 0 Å². The lowest BCUT2D eigenvalue weighted by molar-refractivity contribution is 0.482. The summed E-state index contributed by atoms with van der Waals surface area (Å²) < 4.78 is 5.86. The van der Waals surface area contributed by atoms with Gasteiger partial charge in [-0.05, 0) is 48.1 Å². The number of allylic oxidation sites excluding steroid dienone is 2. The average Bonchev–Trinajstić information content (AvgIpc) is 3.15. The molecule has 0 aromatic heterocycles. The van der Waals surface area contributed by atoms with Gasteiger partial charge < -0.3 is 4.74 Å². The Balaban J connectivity index is 1.74. The lowest BCUT2D eigenvalue weighted by Crippen LogP contribution is -1.96. The van der Waals surface area contributed by atoms with Crippen LogP contribution in [0.4, 0.5) is 0 Å². The van der Waals surface area contributed by atoms with Gasteiger partial charge in [0.1, 0.15) is 11.5 Å². The summed E-state index contributed by atoms with van der Waals surface area (Å²) in [6.07, 6.45) is 3.99. The largest absolute Gasteiger partial charge is 0.457 e. The van der Waals surface area contributed by atoms with Crippen molar-refractivity contribution in [3.05, 3.63) is 71.3 Å². The zero-order valence-electron chi connectivity index (χ0n) is 15.8. The van der Waals surface area contributed by atoms with Crippen LogP contribution in [-0.4, -0.2) is 6.21 Å². The third-order valence-electron chi connectivity index (χ3n) is 5.08. The molecule has 0 aliphatic heterocycles. The van der Waals surface area contributed by atoms with Crippen LogP contribution in [-0.2, 0) is 0 Å². The number of nitrogens with zero attached hydrogens (tertiary/aromatic N) is 2. The first-order valence-electron chi connectivity index (χ1n) is 9.01. The fourth-order valence-electron chi connectivity index (χ4n) is 3.31. The SMILES string of the molecule is C/C(Cl)=C/C1C(/C=N/C(C#N)c2cccc(Oc3ccccc3)c2)C1(C)C. The Morgan fingerprint density at radius 1 is 1.15 bits per heavy atom. The molecule has 1 fully saturated rings. The molecule has 0 amide bonds. The Hall–Kier alpha value is -2.57. The molecule has 4 heteroatoms. The van der Waals surface area contributed by atoms with Crippen LogP contribution in [0.3, 0.4) is 0 Å². The Morgan fingerprint density at radius 2 is 1.85 bits per heavy atom. The van der Waals surface area contributed by atoms with Crippen molar-refractivity contribution in [2.24, 2.45) is 22.2 Å². The second-order valence-electron chi connectivity index (χ2n) is 7.44. The summed E-state index contributed by atoms with van der Waals surface area (Å²) in [6.45, 7) is 6.28. The van der Waals surface area contributed by atoms with Crippen molar-refractivity contribution in [1.29, 1.82) is 5.26 Å². The average molecular weight is 379 g/mol. The minimum absolute atomic E-state index is 0.123. The van der Waals surface area contributed by atoms with Gasteiger partial charge in [0.2, 0.25) is 0 Å². The number of rotatable bonds is 6. The van der Waals surface area contributed by atoms with Crippen molar-refractivity contribution < 1.29 is 4.74 Å². The highest BCUT2D eigenvalue weighted by Gasteiger charge is 2.55.